The Kier molecular flexibility index (Phi) is 7.85. The van der Waals surface area contributed by atoms with Crippen molar-refractivity contribution >= 4 is 59.7 Å². The molecule has 1 saturated heterocycles. The van der Waals surface area contributed by atoms with Crippen LogP contribution in [0.5, 0.6) is 0 Å². The second-order valence-corrected chi connectivity index (χ2v) is 11.7. The number of fused-ring (bicyclic) bond motifs is 1. The topological polar surface area (TPSA) is 126 Å². The summed E-state index contributed by atoms with van der Waals surface area (Å²) in [5.74, 6) is -0.561. The van der Waals surface area contributed by atoms with Gasteiger partial charge in [-0.25, -0.2) is 13.4 Å². The quantitative estimate of drug-likeness (QED) is 0.326. The zero-order valence-corrected chi connectivity index (χ0v) is 21.1. The lowest BCUT2D eigenvalue weighted by Gasteiger charge is -2.34. The Labute approximate surface area is 211 Å². The summed E-state index contributed by atoms with van der Waals surface area (Å²) < 4.78 is 25.5. The van der Waals surface area contributed by atoms with Crippen LogP contribution in [0.1, 0.15) is 6.42 Å². The number of anilines is 1. The van der Waals surface area contributed by atoms with E-state index in [2.05, 4.69) is 20.1 Å². The highest BCUT2D eigenvalue weighted by Crippen LogP contribution is 2.31. The number of nitro benzene ring substituents is 1. The van der Waals surface area contributed by atoms with Gasteiger partial charge >= 0.3 is 0 Å². The van der Waals surface area contributed by atoms with Gasteiger partial charge < -0.3 is 10.2 Å². The lowest BCUT2D eigenvalue weighted by Crippen LogP contribution is -2.48. The van der Waals surface area contributed by atoms with Crippen LogP contribution in [0.15, 0.2) is 47.4 Å². The molecule has 2 aromatic carbocycles. The van der Waals surface area contributed by atoms with Gasteiger partial charge in [-0.3, -0.25) is 19.8 Å². The van der Waals surface area contributed by atoms with Crippen LogP contribution in [0, 0.1) is 10.1 Å². The van der Waals surface area contributed by atoms with E-state index in [0.29, 0.717) is 18.1 Å². The van der Waals surface area contributed by atoms with Gasteiger partial charge in [0.1, 0.15) is 0 Å². The maximum Gasteiger partial charge on any atom is 0.270 e. The van der Waals surface area contributed by atoms with Crippen LogP contribution in [-0.4, -0.2) is 74.2 Å². The first-order valence-corrected chi connectivity index (χ1v) is 13.8. The molecule has 0 radical (unpaired) electrons. The van der Waals surface area contributed by atoms with Gasteiger partial charge in [0.25, 0.3) is 5.69 Å². The number of carbonyl (C=O) groups excluding carboxylic acids is 1. The number of carbonyl (C=O) groups is 1. The first kappa shape index (κ1) is 25.3. The molecule has 1 fully saturated rings. The molecule has 2 heterocycles. The first-order chi connectivity index (χ1) is 16.7. The molecule has 0 bridgehead atoms. The van der Waals surface area contributed by atoms with E-state index in [-0.39, 0.29) is 28.7 Å². The predicted octanol–water partition coefficient (Wildman–Crippen LogP) is 2.96. The normalized spacial score (nSPS) is 14.8. The van der Waals surface area contributed by atoms with Crippen molar-refractivity contribution in [2.45, 2.75) is 11.3 Å². The molecule has 0 aliphatic carbocycles. The summed E-state index contributed by atoms with van der Waals surface area (Å²) in [7, 11) is -3.54. The third kappa shape index (κ3) is 6.45. The van der Waals surface area contributed by atoms with Crippen LogP contribution in [0.2, 0.25) is 5.02 Å². The van der Waals surface area contributed by atoms with Crippen LogP contribution < -0.4 is 10.2 Å². The van der Waals surface area contributed by atoms with Crippen molar-refractivity contribution in [1.82, 2.24) is 15.2 Å². The molecule has 4 rings (SSSR count). The second-order valence-electron chi connectivity index (χ2n) is 8.11. The van der Waals surface area contributed by atoms with Gasteiger partial charge in [-0.1, -0.05) is 22.9 Å². The number of piperazine rings is 1. The molecule has 1 aliphatic rings. The minimum absolute atomic E-state index is 0.0575. The van der Waals surface area contributed by atoms with Gasteiger partial charge in [-0.05, 0) is 30.3 Å². The summed E-state index contributed by atoms with van der Waals surface area (Å²) in [5, 5.41) is 15.1. The summed E-state index contributed by atoms with van der Waals surface area (Å²) in [6.45, 7) is 4.19. The highest BCUT2D eigenvalue weighted by atomic mass is 35.5. The van der Waals surface area contributed by atoms with Crippen LogP contribution in [0.4, 0.5) is 10.8 Å². The Morgan fingerprint density at radius 1 is 1.14 bits per heavy atom. The maximum absolute atomic E-state index is 12.4. The van der Waals surface area contributed by atoms with E-state index in [1.807, 2.05) is 0 Å². The van der Waals surface area contributed by atoms with E-state index in [1.165, 1.54) is 41.7 Å². The highest BCUT2D eigenvalue weighted by Gasteiger charge is 2.21. The Morgan fingerprint density at radius 2 is 1.86 bits per heavy atom. The van der Waals surface area contributed by atoms with E-state index in [1.54, 1.807) is 12.1 Å². The number of non-ortho nitro benzene ring substituents is 1. The van der Waals surface area contributed by atoms with Crippen molar-refractivity contribution in [3.05, 3.63) is 57.6 Å². The summed E-state index contributed by atoms with van der Waals surface area (Å²) >= 11 is 7.24. The van der Waals surface area contributed by atoms with Crippen molar-refractivity contribution in [2.24, 2.45) is 0 Å². The number of amides is 1. The van der Waals surface area contributed by atoms with Gasteiger partial charge in [0, 0.05) is 62.8 Å². The predicted molar refractivity (Wildman–Crippen MR) is 136 cm³/mol. The summed E-state index contributed by atoms with van der Waals surface area (Å²) in [5.41, 5.74) is 0.806. The van der Waals surface area contributed by atoms with E-state index in [9.17, 15) is 23.3 Å². The molecule has 10 nitrogen and oxygen atoms in total. The lowest BCUT2D eigenvalue weighted by molar-refractivity contribution is -0.384. The second kappa shape index (κ2) is 10.9. The largest absolute Gasteiger partial charge is 0.355 e. The fourth-order valence-electron chi connectivity index (χ4n) is 3.74. The fourth-order valence-corrected chi connectivity index (χ4v) is 6.16. The van der Waals surface area contributed by atoms with Crippen LogP contribution in [0.25, 0.3) is 10.2 Å². The number of nitrogens with one attached hydrogen (secondary N) is 1. The standard InChI is InChI=1S/C22H24ClN5O5S2/c23-16-1-4-18(5-2-16)35(32,33)14-7-21(29)24-8-9-26-10-12-27(13-11-26)22-25-19-6-3-17(28(30)31)15-20(19)34-22/h1-6,15H,7-14H2,(H,24,29). The number of sulfone groups is 1. The van der Waals surface area contributed by atoms with Crippen molar-refractivity contribution in [3.63, 3.8) is 0 Å². The van der Waals surface area contributed by atoms with Gasteiger partial charge in [0.2, 0.25) is 5.91 Å². The minimum Gasteiger partial charge on any atom is -0.355 e. The molecule has 0 spiro atoms. The number of rotatable bonds is 9. The number of hydrogen-bond acceptors (Lipinski definition) is 9. The molecule has 1 aromatic heterocycles. The number of hydrogen-bond donors (Lipinski definition) is 1. The molecule has 0 atom stereocenters. The van der Waals surface area contributed by atoms with Crippen molar-refractivity contribution in [3.8, 4) is 0 Å². The molecule has 1 amide bonds. The zero-order valence-electron chi connectivity index (χ0n) is 18.7. The Balaban J connectivity index is 1.19. The number of nitrogens with zero attached hydrogens (tertiary/aromatic N) is 4. The average molecular weight is 538 g/mol. The molecule has 1 aliphatic heterocycles. The molecule has 3 aromatic rings. The smallest absolute Gasteiger partial charge is 0.270 e. The third-order valence-electron chi connectivity index (χ3n) is 5.74. The molecule has 1 N–H and O–H groups in total. The number of thiazole rings is 1. The highest BCUT2D eigenvalue weighted by molar-refractivity contribution is 7.91. The molecule has 0 unspecified atom stereocenters. The minimum atomic E-state index is -3.54. The summed E-state index contributed by atoms with van der Waals surface area (Å²) in [6, 6.07) is 10.6. The first-order valence-electron chi connectivity index (χ1n) is 11.0. The molecule has 13 heteroatoms. The van der Waals surface area contributed by atoms with Crippen molar-refractivity contribution in [1.29, 1.82) is 0 Å². The number of benzene rings is 2. The number of nitro groups is 1. The lowest BCUT2D eigenvalue weighted by atomic mass is 10.3. The molecule has 0 saturated carbocycles. The molecule has 186 valence electrons. The fraction of sp³-hybridized carbons (Fsp3) is 0.364. The van der Waals surface area contributed by atoms with Gasteiger partial charge in [-0.15, -0.1) is 0 Å². The molecule has 35 heavy (non-hydrogen) atoms. The van der Waals surface area contributed by atoms with Gasteiger partial charge in [-0.2, -0.15) is 0 Å². The van der Waals surface area contributed by atoms with E-state index < -0.39 is 14.8 Å². The van der Waals surface area contributed by atoms with E-state index in [4.69, 9.17) is 11.6 Å². The van der Waals surface area contributed by atoms with Crippen molar-refractivity contribution < 1.29 is 18.1 Å². The number of halogens is 1. The van der Waals surface area contributed by atoms with E-state index in [0.717, 1.165) is 41.5 Å². The molecular formula is C22H24ClN5O5S2. The average Bonchev–Trinajstić information content (AvgIpc) is 3.27. The van der Waals surface area contributed by atoms with Gasteiger partial charge in [0.15, 0.2) is 15.0 Å². The van der Waals surface area contributed by atoms with Crippen LogP contribution in [-0.2, 0) is 14.6 Å². The monoisotopic (exact) mass is 537 g/mol. The van der Waals surface area contributed by atoms with E-state index >= 15 is 0 Å². The van der Waals surface area contributed by atoms with Crippen molar-refractivity contribution in [2.75, 3.05) is 49.9 Å². The summed E-state index contributed by atoms with van der Waals surface area (Å²) in [4.78, 5) is 31.8. The Hall–Kier alpha value is -2.80. The van der Waals surface area contributed by atoms with Crippen LogP contribution in [0.3, 0.4) is 0 Å². The Morgan fingerprint density at radius 3 is 2.54 bits per heavy atom. The Bertz CT molecular complexity index is 1320. The number of aromatic nitrogens is 1. The third-order valence-corrected chi connectivity index (χ3v) is 8.80. The zero-order chi connectivity index (χ0) is 25.0. The molecular weight excluding hydrogens is 514 g/mol. The van der Waals surface area contributed by atoms with Gasteiger partial charge in [0.05, 0.1) is 25.8 Å². The SMILES string of the molecule is O=C(CCS(=O)(=O)c1ccc(Cl)cc1)NCCN1CCN(c2nc3ccc([N+](=O)[O-])cc3s2)CC1. The summed E-state index contributed by atoms with van der Waals surface area (Å²) in [6.07, 6.45) is -0.103. The van der Waals surface area contributed by atoms with Crippen LogP contribution >= 0.6 is 22.9 Å². The maximum atomic E-state index is 12.4.